The molecule has 1 aliphatic rings. The molecule has 0 spiro atoms. The van der Waals surface area contributed by atoms with Crippen LogP contribution in [0.25, 0.3) is 11.1 Å². The van der Waals surface area contributed by atoms with Crippen LogP contribution in [0.3, 0.4) is 0 Å². The van der Waals surface area contributed by atoms with E-state index in [1.807, 2.05) is 74.2 Å². The molecule has 0 amide bonds. The van der Waals surface area contributed by atoms with Gasteiger partial charge in [-0.15, -0.1) is 0 Å². The van der Waals surface area contributed by atoms with E-state index in [1.54, 1.807) is 11.8 Å². The van der Waals surface area contributed by atoms with Crippen molar-refractivity contribution in [3.8, 4) is 22.8 Å². The molecule has 0 bridgehead atoms. The highest BCUT2D eigenvalue weighted by molar-refractivity contribution is 5.69. The maximum absolute atomic E-state index is 6.04. The number of benzene rings is 2. The first-order valence-electron chi connectivity index (χ1n) is 11.4. The van der Waals surface area contributed by atoms with Crippen LogP contribution in [0, 0.1) is 0 Å². The summed E-state index contributed by atoms with van der Waals surface area (Å²) in [6, 6.07) is 22.2. The summed E-state index contributed by atoms with van der Waals surface area (Å²) in [6.07, 6.45) is 6.63. The van der Waals surface area contributed by atoms with Crippen molar-refractivity contribution < 1.29 is 9.47 Å². The highest BCUT2D eigenvalue weighted by atomic mass is 16.5. The number of aromatic nitrogens is 3. The molecule has 7 heteroatoms. The molecule has 2 aromatic heterocycles. The van der Waals surface area contributed by atoms with Gasteiger partial charge in [0.1, 0.15) is 11.9 Å². The summed E-state index contributed by atoms with van der Waals surface area (Å²) >= 11 is 0. The Balaban J connectivity index is 0.000000398. The molecule has 34 heavy (non-hydrogen) atoms. The van der Waals surface area contributed by atoms with Crippen LogP contribution in [-0.4, -0.2) is 47.6 Å². The SMILES string of the molecule is COc1cccc(CCNCC2CNc3cc(-c4cnn(C)c4)cnc3O2)c1.c1ccccc1. The van der Waals surface area contributed by atoms with Crippen molar-refractivity contribution in [3.05, 3.63) is 90.9 Å². The van der Waals surface area contributed by atoms with Crippen LogP contribution in [0.15, 0.2) is 85.3 Å². The lowest BCUT2D eigenvalue weighted by molar-refractivity contribution is 0.194. The highest BCUT2D eigenvalue weighted by Crippen LogP contribution is 2.31. The summed E-state index contributed by atoms with van der Waals surface area (Å²) in [5.41, 5.74) is 4.25. The monoisotopic (exact) mass is 457 g/mol. The van der Waals surface area contributed by atoms with Crippen LogP contribution >= 0.6 is 0 Å². The molecule has 5 rings (SSSR count). The van der Waals surface area contributed by atoms with E-state index in [4.69, 9.17) is 9.47 Å². The van der Waals surface area contributed by atoms with Crippen molar-refractivity contribution in [3.63, 3.8) is 0 Å². The molecule has 0 fully saturated rings. The maximum atomic E-state index is 6.04. The van der Waals surface area contributed by atoms with Gasteiger partial charge in [0, 0.05) is 37.1 Å². The lowest BCUT2D eigenvalue weighted by atomic mass is 10.1. The van der Waals surface area contributed by atoms with E-state index in [2.05, 4.69) is 38.9 Å². The lowest BCUT2D eigenvalue weighted by Gasteiger charge is -2.27. The van der Waals surface area contributed by atoms with E-state index in [9.17, 15) is 0 Å². The van der Waals surface area contributed by atoms with E-state index in [0.29, 0.717) is 5.88 Å². The first-order valence-corrected chi connectivity index (χ1v) is 11.4. The van der Waals surface area contributed by atoms with Gasteiger partial charge in [0.05, 0.1) is 25.5 Å². The van der Waals surface area contributed by atoms with E-state index < -0.39 is 0 Å². The number of methoxy groups -OCH3 is 1. The van der Waals surface area contributed by atoms with Gasteiger partial charge < -0.3 is 20.1 Å². The third-order valence-electron chi connectivity index (χ3n) is 5.45. The van der Waals surface area contributed by atoms with E-state index >= 15 is 0 Å². The van der Waals surface area contributed by atoms with Gasteiger partial charge >= 0.3 is 0 Å². The van der Waals surface area contributed by atoms with Gasteiger partial charge in [-0.1, -0.05) is 48.5 Å². The highest BCUT2D eigenvalue weighted by Gasteiger charge is 2.20. The Morgan fingerprint density at radius 2 is 1.85 bits per heavy atom. The number of aryl methyl sites for hydroxylation is 1. The van der Waals surface area contributed by atoms with Crippen molar-refractivity contribution >= 4 is 5.69 Å². The second-order valence-electron chi connectivity index (χ2n) is 8.06. The Hall–Kier alpha value is -3.84. The maximum Gasteiger partial charge on any atom is 0.237 e. The predicted octanol–water partition coefficient (Wildman–Crippen LogP) is 4.18. The number of nitrogens with one attached hydrogen (secondary N) is 2. The standard InChI is InChI=1S/C21H25N5O2.C6H6/c1-26-14-17(11-25-26)16-9-20-21(24-10-16)28-19(13-23-20)12-22-7-6-15-4-3-5-18(8-15)27-2;1-2-4-6-5-3-1/h3-5,8-11,14,19,22-23H,6-7,12-13H2,1-2H3;1-6H. The third-order valence-corrected chi connectivity index (χ3v) is 5.45. The van der Waals surface area contributed by atoms with Gasteiger partial charge in [-0.25, -0.2) is 4.98 Å². The Kier molecular flexibility index (Phi) is 8.13. The molecule has 4 aromatic rings. The molecular weight excluding hydrogens is 426 g/mol. The Morgan fingerprint density at radius 3 is 2.56 bits per heavy atom. The van der Waals surface area contributed by atoms with Crippen LogP contribution in [0.5, 0.6) is 11.6 Å². The summed E-state index contributed by atoms with van der Waals surface area (Å²) in [4.78, 5) is 4.49. The second kappa shape index (κ2) is 11.9. The first kappa shape index (κ1) is 23.3. The fraction of sp³-hybridized carbons (Fsp3) is 0.259. The number of ether oxygens (including phenoxy) is 2. The van der Waals surface area contributed by atoms with Crippen molar-refractivity contribution in [2.45, 2.75) is 12.5 Å². The van der Waals surface area contributed by atoms with Gasteiger partial charge in [-0.2, -0.15) is 5.10 Å². The van der Waals surface area contributed by atoms with Crippen LogP contribution in [0.1, 0.15) is 5.56 Å². The average molecular weight is 458 g/mol. The zero-order chi connectivity index (χ0) is 23.6. The fourth-order valence-electron chi connectivity index (χ4n) is 3.65. The number of rotatable bonds is 7. The van der Waals surface area contributed by atoms with E-state index in [-0.39, 0.29) is 6.10 Å². The molecule has 0 aliphatic carbocycles. The summed E-state index contributed by atoms with van der Waals surface area (Å²) in [7, 11) is 3.60. The molecule has 7 nitrogen and oxygen atoms in total. The zero-order valence-corrected chi connectivity index (χ0v) is 19.6. The van der Waals surface area contributed by atoms with Crippen molar-refractivity contribution in [2.24, 2.45) is 7.05 Å². The van der Waals surface area contributed by atoms with Gasteiger partial charge in [-0.3, -0.25) is 4.68 Å². The molecule has 2 aromatic carbocycles. The molecule has 176 valence electrons. The van der Waals surface area contributed by atoms with Crippen molar-refractivity contribution in [1.29, 1.82) is 0 Å². The number of pyridine rings is 1. The minimum atomic E-state index is 0.0505. The molecule has 3 heterocycles. The van der Waals surface area contributed by atoms with E-state index in [0.717, 1.165) is 48.6 Å². The van der Waals surface area contributed by atoms with Crippen LogP contribution in [-0.2, 0) is 13.5 Å². The van der Waals surface area contributed by atoms with Gasteiger partial charge in [-0.05, 0) is 36.7 Å². The van der Waals surface area contributed by atoms with Crippen LogP contribution < -0.4 is 20.1 Å². The lowest BCUT2D eigenvalue weighted by Crippen LogP contribution is -2.40. The quantitative estimate of drug-likeness (QED) is 0.406. The zero-order valence-electron chi connectivity index (χ0n) is 19.6. The summed E-state index contributed by atoms with van der Waals surface area (Å²) < 4.78 is 13.1. The Morgan fingerprint density at radius 1 is 1.06 bits per heavy atom. The van der Waals surface area contributed by atoms with Gasteiger partial charge in [0.25, 0.3) is 0 Å². The molecule has 0 radical (unpaired) electrons. The van der Waals surface area contributed by atoms with E-state index in [1.165, 1.54) is 5.56 Å². The Bertz CT molecular complexity index is 1140. The average Bonchev–Trinajstić information content (AvgIpc) is 3.34. The molecule has 1 atom stereocenters. The number of nitrogens with zero attached hydrogens (tertiary/aromatic N) is 3. The molecule has 0 saturated carbocycles. The fourth-order valence-corrected chi connectivity index (χ4v) is 3.65. The first-order chi connectivity index (χ1) is 16.7. The topological polar surface area (TPSA) is 73.2 Å². The predicted molar refractivity (Wildman–Crippen MR) is 135 cm³/mol. The number of hydrogen-bond acceptors (Lipinski definition) is 6. The Labute approximate surface area is 200 Å². The molecule has 1 unspecified atom stereocenters. The molecule has 2 N–H and O–H groups in total. The van der Waals surface area contributed by atoms with Crippen molar-refractivity contribution in [2.75, 3.05) is 32.1 Å². The van der Waals surface area contributed by atoms with Crippen LogP contribution in [0.4, 0.5) is 5.69 Å². The number of anilines is 1. The summed E-state index contributed by atoms with van der Waals surface area (Å²) in [6.45, 7) is 2.40. The van der Waals surface area contributed by atoms with Crippen molar-refractivity contribution in [1.82, 2.24) is 20.1 Å². The second-order valence-corrected chi connectivity index (χ2v) is 8.06. The minimum Gasteiger partial charge on any atom is -0.497 e. The third kappa shape index (κ3) is 6.59. The molecule has 1 aliphatic heterocycles. The summed E-state index contributed by atoms with van der Waals surface area (Å²) in [5, 5.41) is 11.1. The van der Waals surface area contributed by atoms with Gasteiger partial charge in [0.2, 0.25) is 5.88 Å². The summed E-state index contributed by atoms with van der Waals surface area (Å²) in [5.74, 6) is 1.55. The largest absolute Gasteiger partial charge is 0.497 e. The molecular formula is C27H31N5O2. The normalized spacial score (nSPS) is 14.1. The van der Waals surface area contributed by atoms with Crippen LogP contribution in [0.2, 0.25) is 0 Å². The minimum absolute atomic E-state index is 0.0505. The number of fused-ring (bicyclic) bond motifs is 1. The number of hydrogen-bond donors (Lipinski definition) is 2. The smallest absolute Gasteiger partial charge is 0.237 e. The van der Waals surface area contributed by atoms with Gasteiger partial charge in [0.15, 0.2) is 0 Å². The molecule has 0 saturated heterocycles.